The van der Waals surface area contributed by atoms with E-state index in [1.54, 1.807) is 30.5 Å². The molecule has 5 nitrogen and oxygen atoms in total. The molecule has 0 radical (unpaired) electrons. The molecule has 2 aromatic carbocycles. The summed E-state index contributed by atoms with van der Waals surface area (Å²) in [6, 6.07) is 10.5. The Bertz CT molecular complexity index is 1120. The van der Waals surface area contributed by atoms with Gasteiger partial charge in [-0.15, -0.1) is 11.3 Å². The number of amides is 2. The van der Waals surface area contributed by atoms with E-state index in [0.29, 0.717) is 27.5 Å². The normalized spacial score (nSPS) is 19.3. The van der Waals surface area contributed by atoms with Crippen LogP contribution in [0, 0.1) is 0 Å². The van der Waals surface area contributed by atoms with Gasteiger partial charge in [-0.25, -0.2) is 14.8 Å². The highest BCUT2D eigenvalue weighted by atomic mass is 32.1. The minimum atomic E-state index is -4.39. The van der Waals surface area contributed by atoms with Crippen LogP contribution in [-0.4, -0.2) is 21.8 Å². The number of hydrogen-bond donors (Lipinski definition) is 2. The Labute approximate surface area is 173 Å². The van der Waals surface area contributed by atoms with Gasteiger partial charge < -0.3 is 10.4 Å². The number of phenolic OH excluding ortho intramolecular Hbond substituents is 1. The van der Waals surface area contributed by atoms with Gasteiger partial charge in [0, 0.05) is 16.7 Å². The average molecular weight is 431 g/mol. The second-order valence-corrected chi connectivity index (χ2v) is 7.79. The monoisotopic (exact) mass is 431 g/mol. The number of nitrogens with one attached hydrogen (secondary N) is 1. The zero-order chi connectivity index (χ0) is 21.5. The van der Waals surface area contributed by atoms with Gasteiger partial charge in [0.25, 0.3) is 0 Å². The van der Waals surface area contributed by atoms with Crippen LogP contribution in [0.4, 0.5) is 18.0 Å². The summed E-state index contributed by atoms with van der Waals surface area (Å²) in [5.41, 5.74) is 1.66. The van der Waals surface area contributed by atoms with Crippen molar-refractivity contribution in [3.8, 4) is 17.0 Å². The Hall–Kier alpha value is -3.20. The molecule has 0 spiro atoms. The molecule has 30 heavy (non-hydrogen) atoms. The molecule has 0 saturated carbocycles. The molecule has 3 aromatic rings. The van der Waals surface area contributed by atoms with Crippen molar-refractivity contribution in [1.29, 1.82) is 0 Å². The number of phenols is 1. The van der Waals surface area contributed by atoms with Gasteiger partial charge in [-0.2, -0.15) is 13.2 Å². The van der Waals surface area contributed by atoms with E-state index in [0.717, 1.165) is 12.1 Å². The lowest BCUT2D eigenvalue weighted by molar-refractivity contribution is -0.137. The second-order valence-electron chi connectivity index (χ2n) is 6.90. The SMILES string of the molecule is CC1=NC(=O)NC(c2cccc(O)c2)C1c1nc(-c2ccc(C(F)(F)F)cc2)cs1. The van der Waals surface area contributed by atoms with Crippen LogP contribution in [0.25, 0.3) is 11.3 Å². The molecule has 1 aliphatic heterocycles. The molecular formula is C21H16F3N3O2S. The maximum absolute atomic E-state index is 12.8. The Morgan fingerprint density at radius 2 is 1.87 bits per heavy atom. The van der Waals surface area contributed by atoms with Gasteiger partial charge in [0.1, 0.15) is 10.8 Å². The van der Waals surface area contributed by atoms with E-state index in [-0.39, 0.29) is 11.7 Å². The topological polar surface area (TPSA) is 74.6 Å². The van der Waals surface area contributed by atoms with E-state index >= 15 is 0 Å². The summed E-state index contributed by atoms with van der Waals surface area (Å²) in [5, 5.41) is 15.1. The summed E-state index contributed by atoms with van der Waals surface area (Å²) in [6.45, 7) is 1.73. The molecule has 154 valence electrons. The van der Waals surface area contributed by atoms with Crippen molar-refractivity contribution in [2.24, 2.45) is 4.99 Å². The van der Waals surface area contributed by atoms with E-state index in [9.17, 15) is 23.1 Å². The smallest absolute Gasteiger partial charge is 0.416 e. The number of halogens is 3. The van der Waals surface area contributed by atoms with Crippen molar-refractivity contribution in [2.45, 2.75) is 25.1 Å². The summed E-state index contributed by atoms with van der Waals surface area (Å²) in [4.78, 5) is 20.6. The van der Waals surface area contributed by atoms with Crippen molar-refractivity contribution in [3.05, 3.63) is 70.0 Å². The Kier molecular flexibility index (Phi) is 5.07. The fourth-order valence-corrected chi connectivity index (χ4v) is 4.45. The minimum absolute atomic E-state index is 0.0743. The van der Waals surface area contributed by atoms with Crippen molar-refractivity contribution >= 4 is 23.1 Å². The standard InChI is InChI=1S/C21H16F3N3O2S/c1-11-17(18(27-20(29)25-11)13-3-2-4-15(28)9-13)19-26-16(10-30-19)12-5-7-14(8-6-12)21(22,23)24/h2-10,17-18,28H,1H3,(H,27,29). The van der Waals surface area contributed by atoms with Crippen molar-refractivity contribution in [2.75, 3.05) is 0 Å². The lowest BCUT2D eigenvalue weighted by Gasteiger charge is -2.30. The minimum Gasteiger partial charge on any atom is -0.508 e. The van der Waals surface area contributed by atoms with Gasteiger partial charge in [0.15, 0.2) is 0 Å². The summed E-state index contributed by atoms with van der Waals surface area (Å²) in [5.74, 6) is -0.289. The number of aliphatic imine (C=N–C) groups is 1. The zero-order valence-electron chi connectivity index (χ0n) is 15.6. The van der Waals surface area contributed by atoms with Crippen molar-refractivity contribution in [1.82, 2.24) is 10.3 Å². The highest BCUT2D eigenvalue weighted by Crippen LogP contribution is 2.39. The molecule has 0 saturated heterocycles. The molecule has 1 aromatic heterocycles. The molecule has 2 atom stereocenters. The highest BCUT2D eigenvalue weighted by Gasteiger charge is 2.35. The van der Waals surface area contributed by atoms with Crippen LogP contribution in [0.2, 0.25) is 0 Å². The molecule has 9 heteroatoms. The molecule has 2 amide bonds. The molecule has 2 unspecified atom stereocenters. The number of hydrogen-bond acceptors (Lipinski definition) is 4. The molecule has 0 bridgehead atoms. The lowest BCUT2D eigenvalue weighted by Crippen LogP contribution is -2.38. The zero-order valence-corrected chi connectivity index (χ0v) is 16.5. The number of alkyl halides is 3. The first-order valence-electron chi connectivity index (χ1n) is 9.00. The molecule has 2 N–H and O–H groups in total. The third-order valence-corrected chi connectivity index (χ3v) is 5.79. The first-order valence-corrected chi connectivity index (χ1v) is 9.88. The summed E-state index contributed by atoms with van der Waals surface area (Å²) < 4.78 is 38.4. The fraction of sp³-hybridized carbons (Fsp3) is 0.190. The number of aromatic hydroxyl groups is 1. The van der Waals surface area contributed by atoms with Gasteiger partial charge >= 0.3 is 12.2 Å². The first kappa shape index (κ1) is 20.1. The molecule has 0 fully saturated rings. The maximum Gasteiger partial charge on any atom is 0.416 e. The average Bonchev–Trinajstić information content (AvgIpc) is 3.16. The number of aromatic nitrogens is 1. The van der Waals surface area contributed by atoms with Gasteiger partial charge in [-0.3, -0.25) is 0 Å². The Morgan fingerprint density at radius 3 is 2.53 bits per heavy atom. The van der Waals surface area contributed by atoms with E-state index in [1.165, 1.54) is 29.5 Å². The van der Waals surface area contributed by atoms with E-state index in [2.05, 4.69) is 15.3 Å². The van der Waals surface area contributed by atoms with E-state index in [1.807, 2.05) is 0 Å². The van der Waals surface area contributed by atoms with Crippen LogP contribution in [0.15, 0.2) is 58.9 Å². The van der Waals surface area contributed by atoms with Gasteiger partial charge in [-0.05, 0) is 36.8 Å². The number of nitrogens with zero attached hydrogens (tertiary/aromatic N) is 2. The lowest BCUT2D eigenvalue weighted by atomic mass is 9.88. The summed E-state index contributed by atoms with van der Waals surface area (Å²) in [7, 11) is 0. The molecule has 2 heterocycles. The van der Waals surface area contributed by atoms with Gasteiger partial charge in [0.2, 0.25) is 0 Å². The van der Waals surface area contributed by atoms with Crippen LogP contribution >= 0.6 is 11.3 Å². The quantitative estimate of drug-likeness (QED) is 0.572. The van der Waals surface area contributed by atoms with Crippen LogP contribution in [-0.2, 0) is 6.18 Å². The first-order chi connectivity index (χ1) is 14.2. The third-order valence-electron chi connectivity index (χ3n) is 4.87. The number of urea groups is 1. The van der Waals surface area contributed by atoms with Crippen LogP contribution in [0.5, 0.6) is 5.75 Å². The molecule has 1 aliphatic rings. The predicted octanol–water partition coefficient (Wildman–Crippen LogP) is 5.54. The third kappa shape index (κ3) is 3.93. The van der Waals surface area contributed by atoms with Crippen molar-refractivity contribution in [3.63, 3.8) is 0 Å². The van der Waals surface area contributed by atoms with Crippen LogP contribution in [0.1, 0.15) is 35.0 Å². The number of carbonyl (C=O) groups excluding carboxylic acids is 1. The van der Waals surface area contributed by atoms with Crippen molar-refractivity contribution < 1.29 is 23.1 Å². The fourth-order valence-electron chi connectivity index (χ4n) is 3.43. The van der Waals surface area contributed by atoms with E-state index < -0.39 is 23.8 Å². The van der Waals surface area contributed by atoms with Gasteiger partial charge in [-0.1, -0.05) is 24.3 Å². The number of thiazole rings is 1. The summed E-state index contributed by atoms with van der Waals surface area (Å²) in [6.07, 6.45) is -4.39. The maximum atomic E-state index is 12.8. The Morgan fingerprint density at radius 1 is 1.13 bits per heavy atom. The van der Waals surface area contributed by atoms with E-state index in [4.69, 9.17) is 0 Å². The van der Waals surface area contributed by atoms with Gasteiger partial charge in [0.05, 0.1) is 23.2 Å². The van der Waals surface area contributed by atoms with Crippen LogP contribution in [0.3, 0.4) is 0 Å². The number of benzene rings is 2. The second kappa shape index (κ2) is 7.56. The highest BCUT2D eigenvalue weighted by molar-refractivity contribution is 7.10. The predicted molar refractivity (Wildman–Crippen MR) is 108 cm³/mol. The summed E-state index contributed by atoms with van der Waals surface area (Å²) >= 11 is 1.34. The van der Waals surface area contributed by atoms with Crippen LogP contribution < -0.4 is 5.32 Å². The largest absolute Gasteiger partial charge is 0.508 e. The molecule has 4 rings (SSSR count). The number of carbonyl (C=O) groups is 1. The Balaban J connectivity index is 1.69. The molecular weight excluding hydrogens is 415 g/mol. The number of rotatable bonds is 3. The molecule has 0 aliphatic carbocycles.